The molecule has 0 saturated carbocycles. The highest BCUT2D eigenvalue weighted by molar-refractivity contribution is 7.80. The predicted octanol–water partition coefficient (Wildman–Crippen LogP) is -7.59. The molecule has 3 aromatic rings. The maximum atomic E-state index is 10.6. The SMILES string of the molecule is CC(C)C[C@H](N)C(=O)O.CC(C)[C@H](N)C(=O)O.CC[C@H](C)[C@H](N)C(=O)O.C[C@@H](O)[C@H](N)C(=O)O.NC(=O)CC[C@H](N)C(=O)O.NC(=O)C[C@H](N)C(=O)O.NC(N)=NCCC[C@H](N)C(=O)O.NCCCC[C@H](N)C(=O)O.N[C@@H](CC(=O)O)C(=O)O.N[C@@H](CCC(=O)O)C(=O)O.N[C@@H](CS)C(=O)O.N[C@@H](Cc1c[nH]c2ccccc12)C(=O)O.N[C@@H](Cc1cnc[nH]1)C(=O)O.O=C(O)[C@@H]1CCCN1. The Balaban J connectivity index is -0.000000156. The summed E-state index contributed by atoms with van der Waals surface area (Å²) in [6.07, 6.45) is 9.84. The second kappa shape index (κ2) is 85.6. The molecule has 1 saturated heterocycles. The third-order valence-electron chi connectivity index (χ3n) is 16.0. The number of H-pyrrole nitrogens is 2. The quantitative estimate of drug-likeness (QED) is 0.0108. The second-order valence-electron chi connectivity index (χ2n) is 29.0. The molecular formula is C76H145N23O35S. The number of para-hydroxylation sites is 1. The van der Waals surface area contributed by atoms with E-state index in [1.165, 1.54) is 13.3 Å². The summed E-state index contributed by atoms with van der Waals surface area (Å²) in [6.45, 7) is 14.4. The maximum absolute atomic E-state index is 10.6. The molecule has 1 aromatic carbocycles. The van der Waals surface area contributed by atoms with Gasteiger partial charge in [-0.3, -0.25) is 91.3 Å². The van der Waals surface area contributed by atoms with Gasteiger partial charge in [-0.2, -0.15) is 12.6 Å². The number of nitrogens with zero attached hydrogens (tertiary/aromatic N) is 2. The summed E-state index contributed by atoms with van der Waals surface area (Å²) in [7, 11) is 0. The normalized spacial score (nSPS) is 14.3. The van der Waals surface area contributed by atoms with Crippen LogP contribution in [-0.2, 0) is 99.1 Å². The fourth-order valence-corrected chi connectivity index (χ4v) is 7.75. The minimum absolute atomic E-state index is 0.0129. The zero-order valence-electron chi connectivity index (χ0n) is 76.0. The van der Waals surface area contributed by atoms with Crippen molar-refractivity contribution in [1.29, 1.82) is 0 Å². The molecule has 0 radical (unpaired) electrons. The summed E-state index contributed by atoms with van der Waals surface area (Å²) in [5, 5.41) is 144. The van der Waals surface area contributed by atoms with Crippen molar-refractivity contribution in [3.05, 3.63) is 54.2 Å². The number of benzene rings is 1. The largest absolute Gasteiger partial charge is 0.481 e. The summed E-state index contributed by atoms with van der Waals surface area (Å²) >= 11 is 3.65. The molecule has 3 heterocycles. The number of hydrogen-bond donors (Lipinski definition) is 39. The number of hydrogen-bond acceptors (Lipinski definition) is 37. The summed E-state index contributed by atoms with van der Waals surface area (Å²) in [6, 6.07) is -4.31. The van der Waals surface area contributed by atoms with Crippen molar-refractivity contribution in [3.63, 3.8) is 0 Å². The second-order valence-corrected chi connectivity index (χ2v) is 29.4. The van der Waals surface area contributed by atoms with Gasteiger partial charge in [0, 0.05) is 67.0 Å². The molecule has 1 fully saturated rings. The summed E-state index contributed by atoms with van der Waals surface area (Å²) in [5.74, 6) is -17.2. The molecule has 0 bridgehead atoms. The fourth-order valence-electron chi connectivity index (χ4n) is 7.59. The lowest BCUT2D eigenvalue weighted by molar-refractivity contribution is -0.144. The number of nitrogens with one attached hydrogen (secondary N) is 3. The molecule has 0 spiro atoms. The van der Waals surface area contributed by atoms with Gasteiger partial charge in [0.1, 0.15) is 84.6 Å². The number of carbonyl (C=O) groups is 18. The Morgan fingerprint density at radius 2 is 0.867 bits per heavy atom. The van der Waals surface area contributed by atoms with Crippen molar-refractivity contribution in [2.75, 3.05) is 25.4 Å². The van der Waals surface area contributed by atoms with Crippen LogP contribution in [0, 0.1) is 17.8 Å². The number of rotatable bonds is 43. The number of nitrogens with two attached hydrogens (primary N) is 18. The number of carboxylic acids is 16. The number of imidazole rings is 1. The minimum Gasteiger partial charge on any atom is -0.481 e. The van der Waals surface area contributed by atoms with Gasteiger partial charge in [-0.15, -0.1) is 0 Å². The number of guanidine groups is 1. The summed E-state index contributed by atoms with van der Waals surface area (Å²) < 4.78 is 0. The van der Waals surface area contributed by atoms with Gasteiger partial charge in [-0.1, -0.05) is 72.6 Å². The molecule has 56 N–H and O–H groups in total. The molecule has 1 aliphatic rings. The summed E-state index contributed by atoms with van der Waals surface area (Å²) in [4.78, 5) is 194. The molecular weight excluding hydrogens is 1830 g/mol. The van der Waals surface area contributed by atoms with Crippen molar-refractivity contribution in [2.24, 2.45) is 126 Å². The molecule has 59 heteroatoms. The fraction of sp³-hybridized carbons (Fsp3) is 0.605. The number of amides is 2. The number of aliphatic hydroxyl groups excluding tert-OH is 1. The predicted molar refractivity (Wildman–Crippen MR) is 489 cm³/mol. The van der Waals surface area contributed by atoms with Gasteiger partial charge < -0.3 is 205 Å². The monoisotopic (exact) mass is 1970 g/mol. The first-order valence-electron chi connectivity index (χ1n) is 40.3. The average Bonchev–Trinajstić information content (AvgIpc) is 1.69. The standard InChI is InChI=1S/C11H12N2O2.C6H14N4O2.C6H9N3O2.C6H14N2O2.2C6H13NO2.C5H10N2O3.C5H9NO4.C5H9NO2.C5H11NO2.C4H8N2O3.C4H7NO4.C4H9NO3.C3H7NO2S/c12-9(11(14)15)5-7-6-13-10-4-2-1-3-8(7)10;7-4(5(11)12)2-1-3-10-6(8)9;7-5(6(10)11)1-4-2-8-3-9-4;7-4-2-1-3-5(8)6(9)10;1-4(2)3-5(7)6(8)9;1-3-4(2)5(7)6(8)9;2*6-3(5(9)10)1-2-4(7)8;7-5(8)4-2-1-3-6-4;1-3(2)4(6)5(7)8;2*5-2(4(8)9)1-3(6)7;1-2(6)3(5)4(7)8;4-2(1-7)3(5)6/h1-4,6,9,13H,5,12H2,(H,14,15);4H,1-3,7H2,(H,11,12)(H4,8,9,10);2-3,5H,1,7H2,(H,8,9)(H,10,11);5H,1-4,7-8H2,(H,9,10);2*4-5H,3,7H2,1-2H3,(H,8,9);3H,1-2,6H2,(H2,7,8)(H,9,10);3H,1-2,6H2,(H,7,8)(H,9,10);4,6H,1-3H2,(H,7,8);3-4H,6H2,1-2H3,(H,7,8);2H,1,5H2,(H2,6,7)(H,8,9);2H,1,5H2,(H,6,7)(H,8,9);2-3,6H,5H2,1H3,(H,7,8);2,7H,1,4H2,(H,5,6)/t9-;4-;3*5-;4-,5-;2*3-;2*4-;2*2-;2-,3+;2-/m00000000000010/s1. The van der Waals surface area contributed by atoms with E-state index in [0.717, 1.165) is 60.8 Å². The number of aromatic amines is 2. The highest BCUT2D eigenvalue weighted by atomic mass is 32.1. The zero-order chi connectivity index (χ0) is 108. The third kappa shape index (κ3) is 94.4. The number of primary amides is 2. The van der Waals surface area contributed by atoms with Crippen molar-refractivity contribution in [3.8, 4) is 0 Å². The van der Waals surface area contributed by atoms with Crippen molar-refractivity contribution < 1.29 is 173 Å². The van der Waals surface area contributed by atoms with Crippen LogP contribution in [0.25, 0.3) is 10.9 Å². The van der Waals surface area contributed by atoms with Crippen LogP contribution in [0.1, 0.15) is 156 Å². The van der Waals surface area contributed by atoms with E-state index in [1.54, 1.807) is 20.0 Å². The van der Waals surface area contributed by atoms with E-state index >= 15 is 0 Å². The van der Waals surface area contributed by atoms with E-state index in [0.29, 0.717) is 51.1 Å². The van der Waals surface area contributed by atoms with Crippen LogP contribution in [0.15, 0.2) is 48.0 Å². The Bertz CT molecular complexity index is 3810. The Morgan fingerprint density at radius 3 is 1.13 bits per heavy atom. The number of carbonyl (C=O) groups excluding carboxylic acids is 2. The van der Waals surface area contributed by atoms with Crippen molar-refractivity contribution in [1.82, 2.24) is 20.3 Å². The molecule has 16 atom stereocenters. The molecule has 0 unspecified atom stereocenters. The average molecular weight is 1970 g/mol. The number of unbranched alkanes of at least 4 members (excludes halogenated alkanes) is 1. The lowest BCUT2D eigenvalue weighted by Crippen LogP contribution is -2.39. The first-order chi connectivity index (χ1) is 62.0. The van der Waals surface area contributed by atoms with Crippen LogP contribution in [0.5, 0.6) is 0 Å². The Kier molecular flexibility index (Phi) is 90.5. The Hall–Kier alpha value is -12.6. The van der Waals surface area contributed by atoms with Gasteiger partial charge in [0.15, 0.2) is 5.96 Å². The van der Waals surface area contributed by atoms with Gasteiger partial charge in [0.05, 0.1) is 25.3 Å². The number of thiol groups is 1. The molecule has 2 amide bonds. The number of aliphatic imine (C=N–C) groups is 1. The number of fused-ring (bicyclic) bond motifs is 1. The Morgan fingerprint density at radius 1 is 0.459 bits per heavy atom. The molecule has 4 rings (SSSR count). The maximum Gasteiger partial charge on any atom is 0.323 e. The van der Waals surface area contributed by atoms with Gasteiger partial charge in [0.25, 0.3) is 0 Å². The van der Waals surface area contributed by atoms with Gasteiger partial charge >= 0.3 is 95.5 Å². The van der Waals surface area contributed by atoms with E-state index in [2.05, 4.69) is 43.6 Å². The van der Waals surface area contributed by atoms with Crippen LogP contribution >= 0.6 is 12.6 Å². The summed E-state index contributed by atoms with van der Waals surface area (Å²) in [5.41, 5.74) is 93.9. The van der Waals surface area contributed by atoms with Gasteiger partial charge in [-0.25, -0.2) is 4.98 Å². The molecule has 58 nitrogen and oxygen atoms in total. The number of carboxylic acid groups (broad SMARTS) is 16. The van der Waals surface area contributed by atoms with E-state index in [-0.39, 0.29) is 68.1 Å². The van der Waals surface area contributed by atoms with E-state index < -0.39 is 198 Å². The number of aliphatic carboxylic acids is 16. The minimum atomic E-state index is -1.29. The Labute approximate surface area is 781 Å². The lowest BCUT2D eigenvalue weighted by atomic mass is 10.0. The first kappa shape index (κ1) is 143. The van der Waals surface area contributed by atoms with Crippen molar-refractivity contribution in [2.45, 2.75) is 248 Å². The molecule has 780 valence electrons. The van der Waals surface area contributed by atoms with Crippen LogP contribution in [0.3, 0.4) is 0 Å². The van der Waals surface area contributed by atoms with Crippen molar-refractivity contribution >= 4 is 137 Å². The van der Waals surface area contributed by atoms with E-state index in [9.17, 15) is 86.3 Å². The molecule has 135 heavy (non-hydrogen) atoms. The zero-order valence-corrected chi connectivity index (χ0v) is 76.9. The third-order valence-corrected chi connectivity index (χ3v) is 16.4. The van der Waals surface area contributed by atoms with E-state index in [4.69, 9.17) is 184 Å². The first-order valence-corrected chi connectivity index (χ1v) is 40.9. The van der Waals surface area contributed by atoms with Crippen LogP contribution in [-0.4, -0.2) is 331 Å². The molecule has 0 aliphatic carbocycles. The lowest BCUT2D eigenvalue weighted by Gasteiger charge is -2.11. The van der Waals surface area contributed by atoms with Crippen LogP contribution in [0.4, 0.5) is 0 Å². The smallest absolute Gasteiger partial charge is 0.323 e. The van der Waals surface area contributed by atoms with Gasteiger partial charge in [-0.05, 0) is 107 Å². The molecule has 2 aromatic heterocycles. The highest BCUT2D eigenvalue weighted by Gasteiger charge is 2.23. The van der Waals surface area contributed by atoms with Crippen LogP contribution in [0.2, 0.25) is 0 Å². The van der Waals surface area contributed by atoms with Gasteiger partial charge in [0.2, 0.25) is 11.8 Å². The highest BCUT2D eigenvalue weighted by Crippen LogP contribution is 2.19. The molecule has 1 aliphatic heterocycles. The topological polar surface area (TPSA) is 1190 Å². The number of aliphatic hydroxyl groups is 1. The van der Waals surface area contributed by atoms with E-state index in [1.807, 2.05) is 58.2 Å². The van der Waals surface area contributed by atoms with Crippen LogP contribution < -0.4 is 109 Å². The number of aromatic nitrogens is 3.